The molecule has 278 valence electrons. The Morgan fingerprint density at radius 3 is 2.30 bits per heavy atom. The number of ketones is 1. The lowest BCUT2D eigenvalue weighted by atomic mass is 9.83. The molecule has 14 nitrogen and oxygen atoms in total. The van der Waals surface area contributed by atoms with E-state index in [-0.39, 0.29) is 61.0 Å². The fraction of sp³-hybridized carbons (Fsp3) is 0.750. The lowest BCUT2D eigenvalue weighted by molar-refractivity contribution is -0.144. The second-order valence-electron chi connectivity index (χ2n) is 16.0. The molecule has 0 radical (unpaired) electrons. The molecule has 1 unspecified atom stereocenters. The van der Waals surface area contributed by atoms with Crippen LogP contribution in [0.1, 0.15) is 92.9 Å². The van der Waals surface area contributed by atoms with Gasteiger partial charge in [-0.1, -0.05) is 79.7 Å². The number of unbranched alkanes of at least 4 members (excludes halogenated alkanes) is 1. The van der Waals surface area contributed by atoms with E-state index in [1.165, 1.54) is 6.08 Å². The highest BCUT2D eigenvalue weighted by Crippen LogP contribution is 2.65. The van der Waals surface area contributed by atoms with Gasteiger partial charge in [-0.05, 0) is 47.8 Å². The molecule has 2 aliphatic heterocycles. The van der Waals surface area contributed by atoms with Crippen LogP contribution in [0.15, 0.2) is 12.7 Å². The molecule has 4 aliphatic rings. The van der Waals surface area contributed by atoms with Crippen LogP contribution in [-0.4, -0.2) is 102 Å². The van der Waals surface area contributed by atoms with E-state index >= 15 is 0 Å². The minimum Gasteiger partial charge on any atom is -0.346 e. The van der Waals surface area contributed by atoms with E-state index in [0.29, 0.717) is 13.0 Å². The number of hydrogen-bond acceptors (Lipinski definition) is 7. The van der Waals surface area contributed by atoms with Gasteiger partial charge in [0.05, 0.1) is 25.2 Å². The van der Waals surface area contributed by atoms with Crippen molar-refractivity contribution in [2.75, 3.05) is 26.2 Å². The minimum atomic E-state index is -1.04. The number of urea groups is 2. The van der Waals surface area contributed by atoms with Crippen LogP contribution in [0.25, 0.3) is 0 Å². The molecule has 14 heteroatoms. The molecule has 0 aromatic heterocycles. The van der Waals surface area contributed by atoms with Gasteiger partial charge in [-0.25, -0.2) is 9.59 Å². The van der Waals surface area contributed by atoms with Crippen molar-refractivity contribution in [1.29, 1.82) is 0 Å². The first kappa shape index (κ1) is 38.8. The van der Waals surface area contributed by atoms with Crippen molar-refractivity contribution in [3.8, 4) is 0 Å². The van der Waals surface area contributed by atoms with Gasteiger partial charge in [0, 0.05) is 13.1 Å². The largest absolute Gasteiger partial charge is 0.346 e. The maximum atomic E-state index is 14.6. The van der Waals surface area contributed by atoms with E-state index in [9.17, 15) is 33.6 Å². The summed E-state index contributed by atoms with van der Waals surface area (Å²) in [6.45, 7) is 15.7. The predicted octanol–water partition coefficient (Wildman–Crippen LogP) is 2.23. The fourth-order valence-corrected chi connectivity index (χ4v) is 7.88. The zero-order chi connectivity index (χ0) is 37.0. The summed E-state index contributed by atoms with van der Waals surface area (Å²) >= 11 is 0. The molecule has 6 atom stereocenters. The maximum Gasteiger partial charge on any atom is 0.324 e. The van der Waals surface area contributed by atoms with Gasteiger partial charge in [0.15, 0.2) is 0 Å². The molecule has 4 fully saturated rings. The van der Waals surface area contributed by atoms with Crippen LogP contribution in [0.2, 0.25) is 0 Å². The van der Waals surface area contributed by atoms with E-state index < -0.39 is 59.2 Å². The molecule has 8 amide bonds. The molecular formula is C36H57N7O7. The van der Waals surface area contributed by atoms with Gasteiger partial charge in [-0.2, -0.15) is 0 Å². The third-order valence-corrected chi connectivity index (χ3v) is 11.2. The lowest BCUT2D eigenvalue weighted by Crippen LogP contribution is -2.62. The van der Waals surface area contributed by atoms with Crippen LogP contribution in [0.4, 0.5) is 9.59 Å². The van der Waals surface area contributed by atoms with E-state index in [1.807, 2.05) is 27.7 Å². The number of nitrogens with one attached hydrogen (secondary N) is 5. The van der Waals surface area contributed by atoms with Crippen molar-refractivity contribution < 1.29 is 33.6 Å². The molecule has 5 N–H and O–H groups in total. The first-order valence-electron chi connectivity index (χ1n) is 18.2. The van der Waals surface area contributed by atoms with Gasteiger partial charge >= 0.3 is 12.1 Å². The average molecular weight is 700 g/mol. The number of piperidine rings is 1. The van der Waals surface area contributed by atoms with Crippen LogP contribution in [0.3, 0.4) is 0 Å². The van der Waals surface area contributed by atoms with Gasteiger partial charge in [0.25, 0.3) is 5.91 Å². The topological polar surface area (TPSA) is 186 Å². The van der Waals surface area contributed by atoms with Crippen LogP contribution >= 0.6 is 0 Å². The molecule has 0 spiro atoms. The Bertz CT molecular complexity index is 1340. The summed E-state index contributed by atoms with van der Waals surface area (Å²) in [6, 6.07) is -4.54. The van der Waals surface area contributed by atoms with Crippen molar-refractivity contribution in [3.05, 3.63) is 12.7 Å². The first-order chi connectivity index (χ1) is 23.5. The fourth-order valence-electron chi connectivity index (χ4n) is 7.88. The summed E-state index contributed by atoms with van der Waals surface area (Å²) in [5, 5.41) is 13.7. The second kappa shape index (κ2) is 15.9. The summed E-state index contributed by atoms with van der Waals surface area (Å²) < 4.78 is 0. The van der Waals surface area contributed by atoms with Crippen molar-refractivity contribution in [2.24, 2.45) is 28.6 Å². The van der Waals surface area contributed by atoms with Crippen LogP contribution in [0.5, 0.6) is 0 Å². The van der Waals surface area contributed by atoms with Crippen molar-refractivity contribution >= 4 is 41.5 Å². The smallest absolute Gasteiger partial charge is 0.324 e. The summed E-state index contributed by atoms with van der Waals surface area (Å²) in [4.78, 5) is 95.4. The molecule has 0 aromatic carbocycles. The number of hydrogen-bond donors (Lipinski definition) is 5. The standard InChI is InChI=1S/C36H57N7O7/c1-8-10-16-23(29(45)31(47)37-17-9-2)39-30(46)28-26-22(36(26,6)7)19-43(28)32(48)27(21-14-12-11-13-15-21)41-33(49)40-24(35(3,4)5)20-42-25(44)18-38-34(42)50/h9,21-24,26-28H,2,8,10-20H2,1,3-7H3,(H,37,47)(H,38,50)(H,39,46)(H2,40,41,49)/t22-,23?,24+,26-,27-,28-/m0/s1. The Balaban J connectivity index is 1.55. The number of carbonyl (C=O) groups is 7. The molecule has 2 saturated heterocycles. The van der Waals surface area contributed by atoms with Gasteiger partial charge < -0.3 is 31.5 Å². The van der Waals surface area contributed by atoms with Crippen molar-refractivity contribution in [2.45, 2.75) is 117 Å². The third kappa shape index (κ3) is 8.66. The summed E-state index contributed by atoms with van der Waals surface area (Å²) in [5.41, 5.74) is -0.739. The normalized spacial score (nSPS) is 24.7. The molecule has 0 bridgehead atoms. The lowest BCUT2D eigenvalue weighted by Gasteiger charge is -2.38. The number of nitrogens with zero attached hydrogens (tertiary/aromatic N) is 2. The summed E-state index contributed by atoms with van der Waals surface area (Å²) in [5.74, 6) is -2.97. The van der Waals surface area contributed by atoms with E-state index in [1.54, 1.807) is 4.90 Å². The highest BCUT2D eigenvalue weighted by molar-refractivity contribution is 6.38. The summed E-state index contributed by atoms with van der Waals surface area (Å²) in [7, 11) is 0. The van der Waals surface area contributed by atoms with Crippen LogP contribution in [-0.2, 0) is 24.0 Å². The number of likely N-dealkylation sites (tertiary alicyclic amines) is 1. The molecular weight excluding hydrogens is 642 g/mol. The molecule has 2 aliphatic carbocycles. The van der Waals surface area contributed by atoms with E-state index in [0.717, 1.165) is 43.4 Å². The molecule has 4 rings (SSSR count). The SMILES string of the molecule is C=CCNC(=O)C(=O)C(CCCC)NC(=O)[C@@H]1[C@@H]2[C@H](CN1C(=O)[C@@H](NC(=O)N[C@H](CN1C(=O)CNC1=O)C(C)(C)C)C1CCCCC1)C2(C)C. The van der Waals surface area contributed by atoms with E-state index in [2.05, 4.69) is 47.0 Å². The quantitative estimate of drug-likeness (QED) is 0.0986. The molecule has 2 heterocycles. The van der Waals surface area contributed by atoms with Crippen molar-refractivity contribution in [1.82, 2.24) is 36.4 Å². The van der Waals surface area contributed by atoms with Crippen molar-refractivity contribution in [3.63, 3.8) is 0 Å². The Morgan fingerprint density at radius 1 is 1.04 bits per heavy atom. The van der Waals surface area contributed by atoms with Gasteiger partial charge in [0.1, 0.15) is 12.1 Å². The highest BCUT2D eigenvalue weighted by atomic mass is 16.2. The number of Topliss-reactive ketones (excluding diaryl/α,β-unsaturated/α-hetero) is 1. The third-order valence-electron chi connectivity index (χ3n) is 11.2. The monoisotopic (exact) mass is 699 g/mol. The van der Waals surface area contributed by atoms with Crippen LogP contribution < -0.4 is 26.6 Å². The summed E-state index contributed by atoms with van der Waals surface area (Å²) in [6.07, 6.45) is 7.44. The van der Waals surface area contributed by atoms with Gasteiger partial charge in [0.2, 0.25) is 23.5 Å². The second-order valence-corrected chi connectivity index (χ2v) is 16.0. The molecule has 0 aromatic rings. The predicted molar refractivity (Wildman–Crippen MR) is 186 cm³/mol. The first-order valence-corrected chi connectivity index (χ1v) is 18.2. The number of amides is 8. The Kier molecular flexibility index (Phi) is 12.4. The van der Waals surface area contributed by atoms with Crippen LogP contribution in [0, 0.1) is 28.6 Å². The minimum absolute atomic E-state index is 0.0278. The van der Waals surface area contributed by atoms with Gasteiger partial charge in [-0.15, -0.1) is 6.58 Å². The zero-order valence-electron chi connectivity index (χ0n) is 30.6. The number of carbonyl (C=O) groups excluding carboxylic acids is 7. The Morgan fingerprint density at radius 2 is 1.72 bits per heavy atom. The Hall–Kier alpha value is -3.97. The number of imide groups is 1. The zero-order valence-corrected chi connectivity index (χ0v) is 30.6. The number of fused-ring (bicyclic) bond motifs is 1. The number of rotatable bonds is 15. The Labute approximate surface area is 295 Å². The molecule has 2 saturated carbocycles. The van der Waals surface area contributed by atoms with E-state index in [4.69, 9.17) is 0 Å². The van der Waals surface area contributed by atoms with Gasteiger partial charge in [-0.3, -0.25) is 28.9 Å². The highest BCUT2D eigenvalue weighted by Gasteiger charge is 2.69. The maximum absolute atomic E-state index is 14.6. The average Bonchev–Trinajstić information content (AvgIpc) is 3.34. The molecule has 50 heavy (non-hydrogen) atoms.